The van der Waals surface area contributed by atoms with Crippen LogP contribution in [0.5, 0.6) is 0 Å². The molecular weight excluding hydrogens is 398 g/mol. The minimum Gasteiger partial charge on any atom is -0.344 e. The molecule has 1 fully saturated rings. The largest absolute Gasteiger partial charge is 0.344 e. The van der Waals surface area contributed by atoms with Crippen molar-refractivity contribution in [2.24, 2.45) is 11.8 Å². The van der Waals surface area contributed by atoms with Gasteiger partial charge in [-0.3, -0.25) is 9.59 Å². The summed E-state index contributed by atoms with van der Waals surface area (Å²) in [5, 5.41) is 9.32. The second kappa shape index (κ2) is 12.4. The molecule has 2 amide bonds. The quantitative estimate of drug-likeness (QED) is 0.597. The average Bonchev–Trinajstić information content (AvgIpc) is 2.75. The predicted octanol–water partition coefficient (Wildman–Crippen LogP) is 3.80. The molecule has 2 aromatic carbocycles. The first-order valence-corrected chi connectivity index (χ1v) is 10.5. The van der Waals surface area contributed by atoms with E-state index < -0.39 is 6.04 Å². The summed E-state index contributed by atoms with van der Waals surface area (Å²) < 4.78 is 0. The molecule has 1 heterocycles. The second-order valence-electron chi connectivity index (χ2n) is 7.95. The Morgan fingerprint density at radius 1 is 1.07 bits per heavy atom. The molecule has 3 unspecified atom stereocenters. The number of para-hydroxylation sites is 1. The summed E-state index contributed by atoms with van der Waals surface area (Å²) in [5.41, 5.74) is 1.75. The van der Waals surface area contributed by atoms with E-state index >= 15 is 0 Å². The summed E-state index contributed by atoms with van der Waals surface area (Å²) in [7, 11) is 0. The number of amides is 2. The van der Waals surface area contributed by atoms with Gasteiger partial charge in [-0.25, -0.2) is 0 Å². The van der Waals surface area contributed by atoms with Crippen molar-refractivity contribution in [3.05, 3.63) is 66.2 Å². The lowest BCUT2D eigenvalue weighted by Crippen LogP contribution is -2.46. The minimum absolute atomic E-state index is 0. The molecule has 5 nitrogen and oxygen atoms in total. The summed E-state index contributed by atoms with van der Waals surface area (Å²) in [6.45, 7) is 4.16. The highest BCUT2D eigenvalue weighted by Gasteiger charge is 2.25. The van der Waals surface area contributed by atoms with E-state index in [-0.39, 0.29) is 30.1 Å². The summed E-state index contributed by atoms with van der Waals surface area (Å²) in [5.74, 6) is 0.546. The molecule has 1 aliphatic rings. The van der Waals surface area contributed by atoms with Gasteiger partial charge < -0.3 is 16.0 Å². The van der Waals surface area contributed by atoms with Crippen molar-refractivity contribution >= 4 is 29.9 Å². The summed E-state index contributed by atoms with van der Waals surface area (Å²) >= 11 is 0. The van der Waals surface area contributed by atoms with Gasteiger partial charge in [0, 0.05) is 18.5 Å². The Morgan fingerprint density at radius 3 is 2.37 bits per heavy atom. The SMILES string of the molecule is CC(CC(=O)NC(Cc1ccccc1)C(=O)Nc1ccccc1)C1CCCNC1.Cl. The van der Waals surface area contributed by atoms with Gasteiger partial charge in [0.25, 0.3) is 0 Å². The molecule has 1 saturated heterocycles. The van der Waals surface area contributed by atoms with E-state index in [1.807, 2.05) is 60.7 Å². The monoisotopic (exact) mass is 429 g/mol. The number of hydrogen-bond donors (Lipinski definition) is 3. The molecule has 0 aliphatic carbocycles. The highest BCUT2D eigenvalue weighted by Crippen LogP contribution is 2.22. The molecular formula is C24H32ClN3O2. The zero-order valence-corrected chi connectivity index (χ0v) is 18.3. The van der Waals surface area contributed by atoms with Crippen LogP contribution in [0, 0.1) is 11.8 Å². The first-order valence-electron chi connectivity index (χ1n) is 10.5. The van der Waals surface area contributed by atoms with Gasteiger partial charge >= 0.3 is 0 Å². The molecule has 6 heteroatoms. The van der Waals surface area contributed by atoms with Gasteiger partial charge in [0.15, 0.2) is 0 Å². The van der Waals surface area contributed by atoms with E-state index in [0.29, 0.717) is 18.8 Å². The molecule has 2 aromatic rings. The average molecular weight is 430 g/mol. The fourth-order valence-corrected chi connectivity index (χ4v) is 3.89. The molecule has 1 aliphatic heterocycles. The number of piperidine rings is 1. The Kier molecular flexibility index (Phi) is 9.84. The van der Waals surface area contributed by atoms with Gasteiger partial charge in [-0.15, -0.1) is 12.4 Å². The standard InChI is InChI=1S/C24H31N3O2.ClH/c1-18(20-11-8-14-25-17-20)15-23(28)27-22(16-19-9-4-2-5-10-19)24(29)26-21-12-6-3-7-13-21;/h2-7,9-10,12-13,18,20,22,25H,8,11,14-17H2,1H3,(H,26,29)(H,27,28);1H. The zero-order chi connectivity index (χ0) is 20.5. The van der Waals surface area contributed by atoms with Crippen molar-refractivity contribution in [2.45, 2.75) is 38.6 Å². The summed E-state index contributed by atoms with van der Waals surface area (Å²) in [6.07, 6.45) is 3.22. The maximum absolute atomic E-state index is 12.9. The number of rotatable bonds is 8. The lowest BCUT2D eigenvalue weighted by atomic mass is 9.85. The fourth-order valence-electron chi connectivity index (χ4n) is 3.89. The Hall–Kier alpha value is -2.37. The fraction of sp³-hybridized carbons (Fsp3) is 0.417. The van der Waals surface area contributed by atoms with Gasteiger partial charge in [0.05, 0.1) is 0 Å². The number of halogens is 1. The van der Waals surface area contributed by atoms with Crippen LogP contribution < -0.4 is 16.0 Å². The van der Waals surface area contributed by atoms with Crippen LogP contribution in [-0.2, 0) is 16.0 Å². The van der Waals surface area contributed by atoms with Crippen molar-refractivity contribution in [1.82, 2.24) is 10.6 Å². The van der Waals surface area contributed by atoms with Crippen LogP contribution in [0.3, 0.4) is 0 Å². The van der Waals surface area contributed by atoms with Crippen LogP contribution in [0.25, 0.3) is 0 Å². The number of carbonyl (C=O) groups is 2. The first kappa shape index (κ1) is 23.9. The zero-order valence-electron chi connectivity index (χ0n) is 17.5. The van der Waals surface area contributed by atoms with Crippen molar-refractivity contribution < 1.29 is 9.59 Å². The van der Waals surface area contributed by atoms with E-state index in [1.54, 1.807) is 0 Å². The summed E-state index contributed by atoms with van der Waals surface area (Å²) in [6, 6.07) is 18.5. The third-order valence-corrected chi connectivity index (χ3v) is 5.62. The molecule has 0 spiro atoms. The third-order valence-electron chi connectivity index (χ3n) is 5.62. The van der Waals surface area contributed by atoms with Crippen LogP contribution in [-0.4, -0.2) is 30.9 Å². The van der Waals surface area contributed by atoms with Crippen molar-refractivity contribution in [3.63, 3.8) is 0 Å². The van der Waals surface area contributed by atoms with Gasteiger partial charge in [-0.1, -0.05) is 55.5 Å². The Balaban J connectivity index is 0.00000320. The van der Waals surface area contributed by atoms with E-state index in [0.717, 1.165) is 37.2 Å². The molecule has 0 aromatic heterocycles. The molecule has 30 heavy (non-hydrogen) atoms. The van der Waals surface area contributed by atoms with Crippen LogP contribution in [0.2, 0.25) is 0 Å². The maximum atomic E-state index is 12.9. The Bertz CT molecular complexity index is 780. The number of carbonyl (C=O) groups excluding carboxylic acids is 2. The van der Waals surface area contributed by atoms with Crippen LogP contribution >= 0.6 is 12.4 Å². The van der Waals surface area contributed by atoms with Crippen molar-refractivity contribution in [3.8, 4) is 0 Å². The van der Waals surface area contributed by atoms with Gasteiger partial charge in [0.2, 0.25) is 11.8 Å². The topological polar surface area (TPSA) is 70.2 Å². The predicted molar refractivity (Wildman–Crippen MR) is 124 cm³/mol. The van der Waals surface area contributed by atoms with Crippen molar-refractivity contribution in [1.29, 1.82) is 0 Å². The molecule has 3 atom stereocenters. The van der Waals surface area contributed by atoms with E-state index in [9.17, 15) is 9.59 Å². The normalized spacial score (nSPS) is 17.8. The number of nitrogens with one attached hydrogen (secondary N) is 3. The van der Waals surface area contributed by atoms with E-state index in [1.165, 1.54) is 0 Å². The summed E-state index contributed by atoms with van der Waals surface area (Å²) in [4.78, 5) is 25.6. The van der Waals surface area contributed by atoms with Crippen LogP contribution in [0.1, 0.15) is 31.7 Å². The Morgan fingerprint density at radius 2 is 1.73 bits per heavy atom. The Labute approximate surface area is 185 Å². The van der Waals surface area contributed by atoms with Crippen LogP contribution in [0.15, 0.2) is 60.7 Å². The molecule has 0 saturated carbocycles. The minimum atomic E-state index is -0.609. The highest BCUT2D eigenvalue weighted by atomic mass is 35.5. The molecule has 0 bridgehead atoms. The molecule has 162 valence electrons. The smallest absolute Gasteiger partial charge is 0.247 e. The lowest BCUT2D eigenvalue weighted by molar-refractivity contribution is -0.127. The van der Waals surface area contributed by atoms with Gasteiger partial charge in [0.1, 0.15) is 6.04 Å². The second-order valence-corrected chi connectivity index (χ2v) is 7.95. The van der Waals surface area contributed by atoms with E-state index in [4.69, 9.17) is 0 Å². The number of benzene rings is 2. The van der Waals surface area contributed by atoms with Crippen LogP contribution in [0.4, 0.5) is 5.69 Å². The molecule has 3 N–H and O–H groups in total. The first-order chi connectivity index (χ1) is 14.1. The highest BCUT2D eigenvalue weighted by molar-refractivity contribution is 5.97. The molecule has 0 radical (unpaired) electrons. The van der Waals surface area contributed by atoms with Gasteiger partial charge in [-0.2, -0.15) is 0 Å². The third kappa shape index (κ3) is 7.47. The molecule has 3 rings (SSSR count). The van der Waals surface area contributed by atoms with E-state index in [2.05, 4.69) is 22.9 Å². The lowest BCUT2D eigenvalue weighted by Gasteiger charge is -2.28. The van der Waals surface area contributed by atoms with Gasteiger partial charge in [-0.05, 0) is 55.5 Å². The number of anilines is 1. The number of hydrogen-bond acceptors (Lipinski definition) is 3. The maximum Gasteiger partial charge on any atom is 0.247 e. The van der Waals surface area contributed by atoms with Crippen molar-refractivity contribution in [2.75, 3.05) is 18.4 Å².